The number of alkyl halides is 6. The van der Waals surface area contributed by atoms with Gasteiger partial charge in [0.1, 0.15) is 17.7 Å². The van der Waals surface area contributed by atoms with E-state index in [9.17, 15) is 40.6 Å². The second-order valence-electron chi connectivity index (χ2n) is 12.3. The number of carboxylic acid groups (broad SMARTS) is 1. The van der Waals surface area contributed by atoms with Crippen LogP contribution in [0.3, 0.4) is 0 Å². The molecule has 49 heavy (non-hydrogen) atoms. The van der Waals surface area contributed by atoms with E-state index < -0.39 is 53.3 Å². The van der Waals surface area contributed by atoms with Crippen LogP contribution in [0.4, 0.5) is 42.5 Å². The minimum Gasteiger partial charge on any atom is -0.480 e. The molecule has 0 saturated carbocycles. The molecule has 6 rings (SSSR count). The molecular formula is C32H30F7N7O3. The molecule has 4 heterocycles. The summed E-state index contributed by atoms with van der Waals surface area (Å²) in [7, 11) is 0. The first-order valence-corrected chi connectivity index (χ1v) is 15.1. The van der Waals surface area contributed by atoms with Gasteiger partial charge in [0.2, 0.25) is 17.9 Å². The Labute approximate surface area is 274 Å². The number of nitrogens with one attached hydrogen (secondary N) is 1. The number of aliphatic carboxylic acids is 1. The fraction of sp³-hybridized carbons (Fsp3) is 0.375. The number of piperidine rings is 1. The highest BCUT2D eigenvalue weighted by atomic mass is 19.4. The molecule has 2 aromatic carbocycles. The van der Waals surface area contributed by atoms with Crippen molar-refractivity contribution in [2.24, 2.45) is 5.41 Å². The van der Waals surface area contributed by atoms with E-state index in [1.54, 1.807) is 6.92 Å². The summed E-state index contributed by atoms with van der Waals surface area (Å²) >= 11 is 0. The summed E-state index contributed by atoms with van der Waals surface area (Å²) in [5.74, 6) is -2.69. The number of halogens is 7. The van der Waals surface area contributed by atoms with E-state index in [1.165, 1.54) is 24.4 Å². The van der Waals surface area contributed by atoms with Crippen LogP contribution in [0.5, 0.6) is 5.88 Å². The summed E-state index contributed by atoms with van der Waals surface area (Å²) in [5.41, 5.74) is 4.02. The number of aryl methyl sites for hydroxylation is 1. The third-order valence-corrected chi connectivity index (χ3v) is 8.89. The summed E-state index contributed by atoms with van der Waals surface area (Å²) in [4.78, 5) is 21.3. The Balaban J connectivity index is 1.33. The van der Waals surface area contributed by atoms with Crippen molar-refractivity contribution < 1.29 is 45.4 Å². The predicted molar refractivity (Wildman–Crippen MR) is 162 cm³/mol. The molecule has 2 fully saturated rings. The summed E-state index contributed by atoms with van der Waals surface area (Å²) in [6, 6.07) is 7.34. The maximum Gasteiger partial charge on any atom is 0.429 e. The van der Waals surface area contributed by atoms with Crippen LogP contribution in [-0.2, 0) is 11.0 Å². The Morgan fingerprint density at radius 2 is 1.78 bits per heavy atom. The molecule has 17 heteroatoms. The maximum absolute atomic E-state index is 14.8. The van der Waals surface area contributed by atoms with E-state index >= 15 is 0 Å². The fourth-order valence-corrected chi connectivity index (χ4v) is 6.38. The van der Waals surface area contributed by atoms with Crippen molar-refractivity contribution in [1.29, 1.82) is 0 Å². The van der Waals surface area contributed by atoms with Crippen molar-refractivity contribution in [3.8, 4) is 22.7 Å². The molecule has 0 amide bonds. The molecule has 10 nitrogen and oxygen atoms in total. The lowest BCUT2D eigenvalue weighted by Crippen LogP contribution is -2.41. The predicted octanol–water partition coefficient (Wildman–Crippen LogP) is 6.09. The summed E-state index contributed by atoms with van der Waals surface area (Å²) in [5, 5.41) is 16.6. The lowest BCUT2D eigenvalue weighted by Gasteiger charge is -2.39. The molecule has 2 atom stereocenters. The maximum atomic E-state index is 14.8. The van der Waals surface area contributed by atoms with Crippen molar-refractivity contribution in [2.45, 2.75) is 50.7 Å². The van der Waals surface area contributed by atoms with E-state index in [-0.39, 0.29) is 34.0 Å². The van der Waals surface area contributed by atoms with Gasteiger partial charge in [-0.3, -0.25) is 4.79 Å². The lowest BCUT2D eigenvalue weighted by atomic mass is 9.76. The number of hydrogen-bond donors (Lipinski definition) is 3. The fourth-order valence-electron chi connectivity index (χ4n) is 6.38. The highest BCUT2D eigenvalue weighted by Crippen LogP contribution is 2.43. The third kappa shape index (κ3) is 7.25. The van der Waals surface area contributed by atoms with E-state index in [0.29, 0.717) is 56.7 Å². The van der Waals surface area contributed by atoms with Crippen LogP contribution < -0.4 is 20.7 Å². The van der Waals surface area contributed by atoms with Gasteiger partial charge in [0.05, 0.1) is 16.9 Å². The number of carboxylic acids is 1. The average molecular weight is 694 g/mol. The first kappa shape index (κ1) is 34.0. The zero-order valence-corrected chi connectivity index (χ0v) is 25.8. The summed E-state index contributed by atoms with van der Waals surface area (Å²) in [6.07, 6.45) is -9.48. The molecule has 4 aromatic rings. The van der Waals surface area contributed by atoms with Crippen LogP contribution >= 0.6 is 0 Å². The minimum atomic E-state index is -5.03. The normalized spacial score (nSPS) is 18.5. The van der Waals surface area contributed by atoms with E-state index in [4.69, 9.17) is 10.5 Å². The molecule has 2 aromatic heterocycles. The first-order chi connectivity index (χ1) is 23.0. The Morgan fingerprint density at radius 1 is 1.04 bits per heavy atom. The largest absolute Gasteiger partial charge is 0.480 e. The van der Waals surface area contributed by atoms with Gasteiger partial charge in [0, 0.05) is 37.5 Å². The molecule has 2 aliphatic heterocycles. The molecule has 0 bridgehead atoms. The third-order valence-electron chi connectivity index (χ3n) is 8.89. The second-order valence-corrected chi connectivity index (χ2v) is 12.3. The topological polar surface area (TPSA) is 131 Å². The number of nitrogens with two attached hydrogens (primary N) is 1. The van der Waals surface area contributed by atoms with Crippen molar-refractivity contribution in [1.82, 2.24) is 25.1 Å². The van der Waals surface area contributed by atoms with Crippen LogP contribution in [0.1, 0.15) is 42.2 Å². The Bertz CT molecular complexity index is 1870. The smallest absolute Gasteiger partial charge is 0.429 e. The van der Waals surface area contributed by atoms with Gasteiger partial charge in [-0.15, -0.1) is 0 Å². The quantitative estimate of drug-likeness (QED) is 0.197. The van der Waals surface area contributed by atoms with Crippen LogP contribution in [0.25, 0.3) is 16.8 Å². The summed E-state index contributed by atoms with van der Waals surface area (Å²) < 4.78 is 106. The number of rotatable bonds is 7. The van der Waals surface area contributed by atoms with Gasteiger partial charge in [-0.25, -0.2) is 9.07 Å². The van der Waals surface area contributed by atoms with E-state index in [0.717, 1.165) is 22.9 Å². The molecule has 4 N–H and O–H groups in total. The Kier molecular flexibility index (Phi) is 8.67. The molecule has 2 saturated heterocycles. The monoisotopic (exact) mass is 693 g/mol. The van der Waals surface area contributed by atoms with Gasteiger partial charge in [-0.1, -0.05) is 12.1 Å². The minimum absolute atomic E-state index is 0.00130. The van der Waals surface area contributed by atoms with Crippen LogP contribution in [-0.4, -0.2) is 62.7 Å². The van der Waals surface area contributed by atoms with E-state index in [2.05, 4.69) is 20.4 Å². The molecule has 2 aliphatic rings. The number of ether oxygens (including phenoxy) is 1. The SMILES string of the molecule is Cc1ccn(-c2cc(-c3cc(F)cc(C(F)(F)F)c3)ccc2[C@@H](Oc2cc(N3CCC4(CC3)CNC(C(=O)O)C4)nc(N)n2)C(F)(F)F)n1. The zero-order valence-electron chi connectivity index (χ0n) is 25.8. The van der Waals surface area contributed by atoms with Gasteiger partial charge in [-0.2, -0.15) is 41.4 Å². The van der Waals surface area contributed by atoms with E-state index in [1.807, 2.05) is 4.90 Å². The van der Waals surface area contributed by atoms with Crippen LogP contribution in [0, 0.1) is 18.2 Å². The standard InChI is InChI=1S/C32H30F7N7O3/c1-17-4-7-46(44-17)24-12-18(19-10-20(31(34,35)36)13-21(33)11-19)2-3-22(24)27(32(37,38)39)49-26-14-25(42-29(40)43-26)45-8-5-30(6-9-45)15-23(28(47)48)41-16-30/h2-4,7,10-14,23,27,41H,5-6,8-9,15-16H2,1H3,(H,47,48)(H2,40,42,43)/t23?,27-/m1/s1. The molecule has 260 valence electrons. The molecule has 1 spiro atoms. The average Bonchev–Trinajstić information content (AvgIpc) is 3.65. The highest BCUT2D eigenvalue weighted by Gasteiger charge is 2.46. The number of nitrogen functional groups attached to an aromatic ring is 1. The van der Waals surface area contributed by atoms with Gasteiger partial charge in [0.25, 0.3) is 0 Å². The molecule has 1 unspecified atom stereocenters. The molecule has 0 radical (unpaired) electrons. The van der Waals surface area contributed by atoms with Crippen molar-refractivity contribution in [3.05, 3.63) is 77.4 Å². The van der Waals surface area contributed by atoms with Crippen molar-refractivity contribution in [3.63, 3.8) is 0 Å². The van der Waals surface area contributed by atoms with Gasteiger partial charge < -0.3 is 25.8 Å². The zero-order chi connectivity index (χ0) is 35.3. The van der Waals surface area contributed by atoms with Gasteiger partial charge in [-0.05, 0) is 73.1 Å². The summed E-state index contributed by atoms with van der Waals surface area (Å²) in [6.45, 7) is 3.01. The van der Waals surface area contributed by atoms with Crippen molar-refractivity contribution >= 4 is 17.7 Å². The number of carbonyl (C=O) groups is 1. The number of nitrogens with zero attached hydrogens (tertiary/aromatic N) is 5. The van der Waals surface area contributed by atoms with Crippen LogP contribution in [0.2, 0.25) is 0 Å². The number of benzene rings is 2. The molecular weight excluding hydrogens is 663 g/mol. The Hall–Kier alpha value is -4.93. The highest BCUT2D eigenvalue weighted by molar-refractivity contribution is 5.74. The second kappa shape index (κ2) is 12.5. The lowest BCUT2D eigenvalue weighted by molar-refractivity contribution is -0.198. The molecule has 0 aliphatic carbocycles. The number of anilines is 2. The number of hydrogen-bond acceptors (Lipinski definition) is 8. The number of aromatic nitrogens is 4. The van der Waals surface area contributed by atoms with Crippen LogP contribution in [0.15, 0.2) is 54.7 Å². The van der Waals surface area contributed by atoms with Gasteiger partial charge >= 0.3 is 18.3 Å². The van der Waals surface area contributed by atoms with Crippen molar-refractivity contribution in [2.75, 3.05) is 30.3 Å². The Morgan fingerprint density at radius 3 is 2.39 bits per heavy atom. The first-order valence-electron chi connectivity index (χ1n) is 15.1. The van der Waals surface area contributed by atoms with Gasteiger partial charge in [0.15, 0.2) is 0 Å².